The van der Waals surface area contributed by atoms with Crippen LogP contribution in [0.25, 0.3) is 0 Å². The highest BCUT2D eigenvalue weighted by atomic mass is 127. The fraction of sp³-hybridized carbons (Fsp3) is 0.182. The van der Waals surface area contributed by atoms with Crippen LogP contribution >= 0.6 is 49.9 Å². The molecule has 0 aliphatic heterocycles. The van der Waals surface area contributed by atoms with E-state index >= 15 is 0 Å². The Labute approximate surface area is 120 Å². The maximum Gasteiger partial charge on any atom is 0.0853 e. The number of halogens is 2. The topological polar surface area (TPSA) is 33.1 Å². The SMILES string of the molecule is OC(Cc1ccc(Br)cn1)c1csc(I)c1. The van der Waals surface area contributed by atoms with Crippen molar-refractivity contribution >= 4 is 49.9 Å². The van der Waals surface area contributed by atoms with Crippen molar-refractivity contribution in [3.05, 3.63) is 48.4 Å². The predicted octanol–water partition coefficient (Wildman–Crippen LogP) is 3.79. The van der Waals surface area contributed by atoms with Crippen LogP contribution in [0.2, 0.25) is 0 Å². The standard InChI is InChI=1S/C11H9BrINOS/c12-8-1-2-9(14-5-8)4-10(15)7-3-11(13)16-6-7/h1-3,5-6,10,15H,4H2. The fourth-order valence-electron chi connectivity index (χ4n) is 1.34. The lowest BCUT2D eigenvalue weighted by Gasteiger charge is -2.07. The lowest BCUT2D eigenvalue weighted by Crippen LogP contribution is -2.01. The normalized spacial score (nSPS) is 12.7. The highest BCUT2D eigenvalue weighted by molar-refractivity contribution is 14.1. The lowest BCUT2D eigenvalue weighted by atomic mass is 10.1. The van der Waals surface area contributed by atoms with Crippen LogP contribution in [0.15, 0.2) is 34.2 Å². The zero-order valence-electron chi connectivity index (χ0n) is 8.23. The third kappa shape index (κ3) is 3.26. The molecule has 0 spiro atoms. The predicted molar refractivity (Wildman–Crippen MR) is 77.6 cm³/mol. The molecule has 2 rings (SSSR count). The van der Waals surface area contributed by atoms with Crippen LogP contribution in [-0.2, 0) is 6.42 Å². The zero-order valence-corrected chi connectivity index (χ0v) is 12.8. The van der Waals surface area contributed by atoms with Gasteiger partial charge in [0.2, 0.25) is 0 Å². The van der Waals surface area contributed by atoms with E-state index in [2.05, 4.69) is 43.5 Å². The number of nitrogens with zero attached hydrogens (tertiary/aromatic N) is 1. The number of rotatable bonds is 3. The van der Waals surface area contributed by atoms with Crippen LogP contribution in [0, 0.1) is 2.88 Å². The van der Waals surface area contributed by atoms with Crippen LogP contribution in [-0.4, -0.2) is 10.1 Å². The first-order chi connectivity index (χ1) is 7.65. The summed E-state index contributed by atoms with van der Waals surface area (Å²) in [6.45, 7) is 0. The molecule has 0 bridgehead atoms. The summed E-state index contributed by atoms with van der Waals surface area (Å²) in [6.07, 6.45) is 1.84. The van der Waals surface area contributed by atoms with Gasteiger partial charge in [0.1, 0.15) is 0 Å². The average molecular weight is 410 g/mol. The molecule has 2 heterocycles. The van der Waals surface area contributed by atoms with Crippen molar-refractivity contribution in [3.8, 4) is 0 Å². The largest absolute Gasteiger partial charge is 0.388 e. The average Bonchev–Trinajstić information content (AvgIpc) is 2.68. The summed E-state index contributed by atoms with van der Waals surface area (Å²) in [7, 11) is 0. The Morgan fingerprint density at radius 3 is 2.88 bits per heavy atom. The third-order valence-electron chi connectivity index (χ3n) is 2.16. The Kier molecular flexibility index (Phi) is 4.34. The molecule has 2 aromatic heterocycles. The second-order valence-electron chi connectivity index (χ2n) is 3.37. The van der Waals surface area contributed by atoms with E-state index in [0.717, 1.165) is 15.7 Å². The second kappa shape index (κ2) is 5.57. The summed E-state index contributed by atoms with van der Waals surface area (Å²) in [5.41, 5.74) is 1.87. The van der Waals surface area contributed by atoms with Crippen LogP contribution in [0.1, 0.15) is 17.4 Å². The molecule has 16 heavy (non-hydrogen) atoms. The first kappa shape index (κ1) is 12.5. The van der Waals surface area contributed by atoms with Crippen molar-refractivity contribution in [2.45, 2.75) is 12.5 Å². The van der Waals surface area contributed by atoms with E-state index in [1.54, 1.807) is 17.5 Å². The first-order valence-corrected chi connectivity index (χ1v) is 7.43. The van der Waals surface area contributed by atoms with Crippen LogP contribution < -0.4 is 0 Å². The Morgan fingerprint density at radius 1 is 1.50 bits per heavy atom. The van der Waals surface area contributed by atoms with Crippen molar-refractivity contribution in [2.75, 3.05) is 0 Å². The molecular weight excluding hydrogens is 401 g/mol. The maximum atomic E-state index is 10.0. The molecule has 0 saturated carbocycles. The Hall–Kier alpha value is 0.0200. The highest BCUT2D eigenvalue weighted by Crippen LogP contribution is 2.24. The molecule has 0 fully saturated rings. The van der Waals surface area contributed by atoms with E-state index < -0.39 is 6.10 Å². The Balaban J connectivity index is 2.07. The van der Waals surface area contributed by atoms with Crippen molar-refractivity contribution in [1.82, 2.24) is 4.98 Å². The molecule has 0 amide bonds. The number of aliphatic hydroxyl groups is 1. The lowest BCUT2D eigenvalue weighted by molar-refractivity contribution is 0.177. The number of hydrogen-bond donors (Lipinski definition) is 1. The molecule has 1 N–H and O–H groups in total. The van der Waals surface area contributed by atoms with Crippen LogP contribution in [0.5, 0.6) is 0 Å². The fourth-order valence-corrected chi connectivity index (χ4v) is 2.99. The number of aromatic nitrogens is 1. The van der Waals surface area contributed by atoms with Gasteiger partial charge >= 0.3 is 0 Å². The molecule has 1 unspecified atom stereocenters. The molecule has 5 heteroatoms. The zero-order chi connectivity index (χ0) is 11.5. The molecule has 84 valence electrons. The number of pyridine rings is 1. The van der Waals surface area contributed by atoms with Gasteiger partial charge in [0.15, 0.2) is 0 Å². The van der Waals surface area contributed by atoms with Gasteiger partial charge in [-0.1, -0.05) is 0 Å². The summed E-state index contributed by atoms with van der Waals surface area (Å²) < 4.78 is 2.14. The van der Waals surface area contributed by atoms with Crippen molar-refractivity contribution in [3.63, 3.8) is 0 Å². The summed E-state index contributed by atoms with van der Waals surface area (Å²) in [5, 5.41) is 12.0. The van der Waals surface area contributed by atoms with Crippen molar-refractivity contribution in [1.29, 1.82) is 0 Å². The smallest absolute Gasteiger partial charge is 0.0853 e. The summed E-state index contributed by atoms with van der Waals surface area (Å²) in [6, 6.07) is 5.87. The first-order valence-electron chi connectivity index (χ1n) is 4.67. The van der Waals surface area contributed by atoms with Crippen molar-refractivity contribution in [2.24, 2.45) is 0 Å². The minimum atomic E-state index is -0.464. The molecule has 0 aliphatic rings. The molecule has 2 nitrogen and oxygen atoms in total. The summed E-state index contributed by atoms with van der Waals surface area (Å²) >= 11 is 7.24. The van der Waals surface area contributed by atoms with E-state index in [1.165, 1.54) is 2.88 Å². The van der Waals surface area contributed by atoms with E-state index in [9.17, 15) is 5.11 Å². The molecule has 0 aromatic carbocycles. The maximum absolute atomic E-state index is 10.0. The molecule has 1 atom stereocenters. The number of hydrogen-bond acceptors (Lipinski definition) is 3. The van der Waals surface area contributed by atoms with Crippen LogP contribution in [0.3, 0.4) is 0 Å². The van der Waals surface area contributed by atoms with Gasteiger partial charge in [0, 0.05) is 22.8 Å². The second-order valence-corrected chi connectivity index (χ2v) is 7.09. The van der Waals surface area contributed by atoms with Gasteiger partial charge in [-0.3, -0.25) is 4.98 Å². The van der Waals surface area contributed by atoms with Crippen LogP contribution in [0.4, 0.5) is 0 Å². The van der Waals surface area contributed by atoms with E-state index in [-0.39, 0.29) is 0 Å². The minimum absolute atomic E-state index is 0.464. The van der Waals surface area contributed by atoms with Gasteiger partial charge in [0.05, 0.1) is 8.99 Å². The van der Waals surface area contributed by atoms with Gasteiger partial charge < -0.3 is 5.11 Å². The number of thiophene rings is 1. The monoisotopic (exact) mass is 409 g/mol. The van der Waals surface area contributed by atoms with E-state index in [1.807, 2.05) is 23.6 Å². The number of aliphatic hydroxyl groups excluding tert-OH is 1. The van der Waals surface area contributed by atoms with Gasteiger partial charge in [0.25, 0.3) is 0 Å². The summed E-state index contributed by atoms with van der Waals surface area (Å²) in [4.78, 5) is 4.25. The van der Waals surface area contributed by atoms with E-state index in [4.69, 9.17) is 0 Å². The van der Waals surface area contributed by atoms with Gasteiger partial charge in [-0.2, -0.15) is 0 Å². The third-order valence-corrected chi connectivity index (χ3v) is 4.44. The molecule has 0 aliphatic carbocycles. The quantitative estimate of drug-likeness (QED) is 0.782. The molecule has 0 radical (unpaired) electrons. The molecular formula is C11H9BrINOS. The highest BCUT2D eigenvalue weighted by Gasteiger charge is 2.11. The Bertz CT molecular complexity index is 471. The minimum Gasteiger partial charge on any atom is -0.388 e. The van der Waals surface area contributed by atoms with E-state index in [0.29, 0.717) is 6.42 Å². The molecule has 2 aromatic rings. The molecule has 0 saturated heterocycles. The summed E-state index contributed by atoms with van der Waals surface area (Å²) in [5.74, 6) is 0. The van der Waals surface area contributed by atoms with Gasteiger partial charge in [-0.05, 0) is 67.7 Å². The van der Waals surface area contributed by atoms with Crippen molar-refractivity contribution < 1.29 is 5.11 Å². The Morgan fingerprint density at radius 2 is 2.31 bits per heavy atom. The van der Waals surface area contributed by atoms with Gasteiger partial charge in [-0.25, -0.2) is 0 Å². The van der Waals surface area contributed by atoms with Gasteiger partial charge in [-0.15, -0.1) is 11.3 Å².